The van der Waals surface area contributed by atoms with Crippen molar-refractivity contribution in [1.82, 2.24) is 0 Å². The van der Waals surface area contributed by atoms with E-state index in [0.717, 1.165) is 44.9 Å². The van der Waals surface area contributed by atoms with Crippen LogP contribution in [0.3, 0.4) is 0 Å². The summed E-state index contributed by atoms with van der Waals surface area (Å²) >= 11 is 0. The van der Waals surface area contributed by atoms with Crippen molar-refractivity contribution >= 4 is 17.9 Å². The van der Waals surface area contributed by atoms with E-state index >= 15 is 0 Å². The van der Waals surface area contributed by atoms with Crippen molar-refractivity contribution in [3.63, 3.8) is 0 Å². The first-order valence-electron chi connectivity index (χ1n) is 31.3. The number of aliphatic carboxylic acids is 1. The van der Waals surface area contributed by atoms with E-state index in [1.165, 1.54) is 212 Å². The molecule has 74 heavy (non-hydrogen) atoms. The predicted octanol–water partition coefficient (Wildman–Crippen LogP) is 18.6. The van der Waals surface area contributed by atoms with E-state index in [-0.39, 0.29) is 32.2 Å². The summed E-state index contributed by atoms with van der Waals surface area (Å²) in [5, 5.41) is 9.67. The molecule has 0 aliphatic rings. The molecule has 9 heteroatoms. The van der Waals surface area contributed by atoms with Crippen molar-refractivity contribution in [2.45, 2.75) is 302 Å². The summed E-state index contributed by atoms with van der Waals surface area (Å²) in [7, 11) is 5.95. The van der Waals surface area contributed by atoms with E-state index in [9.17, 15) is 19.5 Å². The van der Waals surface area contributed by atoms with Crippen LogP contribution in [0.2, 0.25) is 0 Å². The second kappa shape index (κ2) is 56.5. The van der Waals surface area contributed by atoms with Crippen LogP contribution in [0, 0.1) is 0 Å². The average molecular weight is 1040 g/mol. The Balaban J connectivity index is 3.96. The highest BCUT2D eigenvalue weighted by Gasteiger charge is 2.25. The number of carbonyl (C=O) groups excluding carboxylic acids is 2. The molecule has 2 unspecified atom stereocenters. The molecule has 432 valence electrons. The van der Waals surface area contributed by atoms with E-state index in [1.54, 1.807) is 0 Å². The fourth-order valence-corrected chi connectivity index (χ4v) is 9.09. The highest BCUT2D eigenvalue weighted by molar-refractivity contribution is 5.71. The highest BCUT2D eigenvalue weighted by Crippen LogP contribution is 2.18. The van der Waals surface area contributed by atoms with Gasteiger partial charge in [-0.3, -0.25) is 9.59 Å². The topological polar surface area (TPSA) is 108 Å². The number of hydrogen-bond acceptors (Lipinski definition) is 7. The van der Waals surface area contributed by atoms with E-state index in [2.05, 4.69) is 50.3 Å². The molecule has 0 rings (SSSR count). The first kappa shape index (κ1) is 71.2. The molecule has 0 radical (unpaired) electrons. The Kier molecular flexibility index (Phi) is 54.4. The summed E-state index contributed by atoms with van der Waals surface area (Å²) in [5.74, 6) is -2.10. The molecule has 0 spiro atoms. The van der Waals surface area contributed by atoms with Gasteiger partial charge in [0.1, 0.15) is 13.2 Å². The number of allylic oxidation sites excluding steroid dienone is 8. The number of unbranched alkanes of at least 4 members (excludes halogenated alkanes) is 35. The van der Waals surface area contributed by atoms with E-state index in [0.29, 0.717) is 23.9 Å². The van der Waals surface area contributed by atoms with Crippen molar-refractivity contribution in [3.05, 3.63) is 48.6 Å². The van der Waals surface area contributed by atoms with Gasteiger partial charge in [0.25, 0.3) is 6.29 Å². The lowest BCUT2D eigenvalue weighted by Gasteiger charge is -2.25. The Hall–Kier alpha value is -2.75. The molecule has 0 fully saturated rings. The molecule has 0 aliphatic carbocycles. The second-order valence-electron chi connectivity index (χ2n) is 22.3. The standard InChI is InChI=1S/C65H119NO8/c1-6-8-10-12-14-16-18-20-21-22-23-24-25-26-27-28-29-30-31-32-33-34-35-36-37-38-39-40-41-42-44-45-47-49-51-53-55-62(67)72-59-61(60-73-65(64(69)70)71-58-57-66(3,4)5)74-63(68)56-54-52-50-48-46-43-19-17-15-13-11-9-7-2/h9,11,15,17,43,46,50,52,61,65H,6-8,10,12-14,16,18-42,44-45,47-49,51,53-60H2,1-5H3/p+1/b11-9-,17-15-,46-43-,52-50-. The van der Waals surface area contributed by atoms with Gasteiger partial charge in [0.15, 0.2) is 6.10 Å². The van der Waals surface area contributed by atoms with Crippen LogP contribution < -0.4 is 0 Å². The Morgan fingerprint density at radius 2 is 0.770 bits per heavy atom. The molecule has 0 heterocycles. The van der Waals surface area contributed by atoms with Crippen molar-refractivity contribution in [2.24, 2.45) is 0 Å². The zero-order valence-electron chi connectivity index (χ0n) is 49.3. The number of carboxylic acid groups (broad SMARTS) is 1. The van der Waals surface area contributed by atoms with E-state index in [1.807, 2.05) is 33.3 Å². The maximum Gasteiger partial charge on any atom is 0.361 e. The molecule has 0 aliphatic heterocycles. The minimum Gasteiger partial charge on any atom is -0.477 e. The smallest absolute Gasteiger partial charge is 0.361 e. The first-order chi connectivity index (χ1) is 36.1. The average Bonchev–Trinajstić information content (AvgIpc) is 3.37. The first-order valence-corrected chi connectivity index (χ1v) is 31.3. The Morgan fingerprint density at radius 1 is 0.419 bits per heavy atom. The highest BCUT2D eigenvalue weighted by atomic mass is 16.7. The Morgan fingerprint density at radius 3 is 1.12 bits per heavy atom. The quantitative estimate of drug-likeness (QED) is 0.0211. The van der Waals surface area contributed by atoms with Crippen LogP contribution >= 0.6 is 0 Å². The molecule has 0 aromatic rings. The van der Waals surface area contributed by atoms with Gasteiger partial charge in [0.05, 0.1) is 34.4 Å². The largest absolute Gasteiger partial charge is 0.477 e. The lowest BCUT2D eigenvalue weighted by atomic mass is 10.0. The second-order valence-corrected chi connectivity index (χ2v) is 22.3. The van der Waals surface area contributed by atoms with Gasteiger partial charge in [-0.2, -0.15) is 0 Å². The van der Waals surface area contributed by atoms with Crippen molar-refractivity contribution in [1.29, 1.82) is 0 Å². The molecule has 0 bridgehead atoms. The van der Waals surface area contributed by atoms with Crippen LogP contribution in [0.1, 0.15) is 290 Å². The minimum absolute atomic E-state index is 0.140. The number of nitrogens with zero attached hydrogens (tertiary/aromatic N) is 1. The van der Waals surface area contributed by atoms with Gasteiger partial charge in [0, 0.05) is 12.8 Å². The third-order valence-electron chi connectivity index (χ3n) is 13.9. The van der Waals surface area contributed by atoms with Crippen LogP contribution in [-0.2, 0) is 33.3 Å². The van der Waals surface area contributed by atoms with Gasteiger partial charge >= 0.3 is 17.9 Å². The van der Waals surface area contributed by atoms with Gasteiger partial charge < -0.3 is 28.5 Å². The van der Waals surface area contributed by atoms with Crippen LogP contribution in [-0.4, -0.2) is 87.4 Å². The van der Waals surface area contributed by atoms with Crippen molar-refractivity contribution in [3.8, 4) is 0 Å². The van der Waals surface area contributed by atoms with Crippen LogP contribution in [0.4, 0.5) is 0 Å². The number of quaternary nitrogens is 1. The van der Waals surface area contributed by atoms with E-state index in [4.69, 9.17) is 18.9 Å². The number of rotatable bonds is 58. The summed E-state index contributed by atoms with van der Waals surface area (Å²) in [6, 6.07) is 0. The summed E-state index contributed by atoms with van der Waals surface area (Å²) < 4.78 is 22.7. The SMILES string of the molecule is CC/C=C\C/C=C\C/C=C\C/C=C\CCC(=O)OC(COC(=O)CCCCCCCCCCCCCCCCCCCCCCCCCCCCCCCCCCCCCC)COC(OCC[N+](C)(C)C)C(=O)O. The molecule has 0 saturated carbocycles. The maximum atomic E-state index is 12.8. The van der Waals surface area contributed by atoms with Gasteiger partial charge in [-0.25, -0.2) is 4.79 Å². The maximum absolute atomic E-state index is 12.8. The van der Waals surface area contributed by atoms with Gasteiger partial charge in [-0.1, -0.05) is 287 Å². The number of carboxylic acids is 1. The fourth-order valence-electron chi connectivity index (χ4n) is 9.09. The fraction of sp³-hybridized carbons (Fsp3) is 0.831. The number of likely N-dealkylation sites (N-methyl/N-ethyl adjacent to an activating group) is 1. The Labute approximate surface area is 457 Å². The zero-order valence-corrected chi connectivity index (χ0v) is 49.3. The molecule has 2 atom stereocenters. The molecule has 1 N–H and O–H groups in total. The molecule has 0 amide bonds. The Bertz CT molecular complexity index is 1350. The van der Waals surface area contributed by atoms with Crippen molar-refractivity contribution < 1.29 is 42.9 Å². The molecular formula is C65H120NO8+. The third-order valence-corrected chi connectivity index (χ3v) is 13.9. The van der Waals surface area contributed by atoms with Gasteiger partial charge in [-0.15, -0.1) is 0 Å². The summed E-state index contributed by atoms with van der Waals surface area (Å²) in [5.41, 5.74) is 0. The lowest BCUT2D eigenvalue weighted by Crippen LogP contribution is -2.40. The van der Waals surface area contributed by atoms with Crippen molar-refractivity contribution in [2.75, 3.05) is 47.5 Å². The molecule has 0 saturated heterocycles. The zero-order chi connectivity index (χ0) is 54.1. The van der Waals surface area contributed by atoms with Gasteiger partial charge in [-0.05, 0) is 38.5 Å². The summed E-state index contributed by atoms with van der Waals surface area (Å²) in [6.45, 7) is 4.70. The summed E-state index contributed by atoms with van der Waals surface area (Å²) in [4.78, 5) is 37.3. The molecular weight excluding hydrogens is 923 g/mol. The number of esters is 2. The number of ether oxygens (including phenoxy) is 4. The van der Waals surface area contributed by atoms with Crippen LogP contribution in [0.5, 0.6) is 0 Å². The predicted molar refractivity (Wildman–Crippen MR) is 314 cm³/mol. The minimum atomic E-state index is -1.53. The lowest BCUT2D eigenvalue weighted by molar-refractivity contribution is -0.870. The number of carbonyl (C=O) groups is 3. The van der Waals surface area contributed by atoms with Crippen LogP contribution in [0.25, 0.3) is 0 Å². The number of hydrogen-bond donors (Lipinski definition) is 1. The van der Waals surface area contributed by atoms with E-state index < -0.39 is 24.3 Å². The molecule has 0 aromatic heterocycles. The normalized spacial score (nSPS) is 13.0. The molecule has 0 aromatic carbocycles. The molecule has 9 nitrogen and oxygen atoms in total. The monoisotopic (exact) mass is 1040 g/mol. The third kappa shape index (κ3) is 57.0. The van der Waals surface area contributed by atoms with Crippen LogP contribution in [0.15, 0.2) is 48.6 Å². The van der Waals surface area contributed by atoms with Gasteiger partial charge in [0.2, 0.25) is 0 Å². The summed E-state index contributed by atoms with van der Waals surface area (Å²) in [6.07, 6.45) is 68.4.